The van der Waals surface area contributed by atoms with E-state index < -0.39 is 18.5 Å². The van der Waals surface area contributed by atoms with Crippen molar-refractivity contribution >= 4 is 21.6 Å². The number of anilines is 1. The molecule has 0 fully saturated rings. The van der Waals surface area contributed by atoms with Gasteiger partial charge in [0.2, 0.25) is 0 Å². The molecule has 0 atom stereocenters. The number of nitrogens with one attached hydrogen (secondary N) is 1. The Kier molecular flexibility index (Phi) is 3.36. The number of benzene rings is 1. The minimum Gasteiger partial charge on any atom is -0.375 e. The molecule has 0 aliphatic rings. The molecule has 78 valence electrons. The molecule has 0 bridgehead atoms. The summed E-state index contributed by atoms with van der Waals surface area (Å²) < 4.78 is 48.4. The number of hydrogen-bond donors (Lipinski definition) is 1. The highest BCUT2D eigenvalue weighted by atomic mass is 79.9. The third-order valence-electron chi connectivity index (χ3n) is 1.41. The largest absolute Gasteiger partial charge is 0.405 e. The quantitative estimate of drug-likeness (QED) is 0.811. The Labute approximate surface area is 86.2 Å². The molecule has 1 rings (SSSR count). The first-order chi connectivity index (χ1) is 6.38. The van der Waals surface area contributed by atoms with Crippen LogP contribution in [0.5, 0.6) is 0 Å². The lowest BCUT2D eigenvalue weighted by atomic mass is 10.3. The second kappa shape index (κ2) is 4.16. The van der Waals surface area contributed by atoms with Crippen LogP contribution < -0.4 is 5.32 Å². The SMILES string of the molecule is Fc1ccc(Br)c(NCC(F)(F)F)c1. The van der Waals surface area contributed by atoms with Crippen LogP contribution in [0.4, 0.5) is 23.2 Å². The Morgan fingerprint density at radius 1 is 1.29 bits per heavy atom. The summed E-state index contributed by atoms with van der Waals surface area (Å²) in [7, 11) is 0. The third-order valence-corrected chi connectivity index (χ3v) is 2.10. The molecule has 6 heteroatoms. The number of rotatable bonds is 2. The maximum atomic E-state index is 12.6. The van der Waals surface area contributed by atoms with Crippen LogP contribution >= 0.6 is 15.9 Å². The van der Waals surface area contributed by atoms with Gasteiger partial charge in [0.15, 0.2) is 0 Å². The molecule has 0 spiro atoms. The zero-order chi connectivity index (χ0) is 10.8. The van der Waals surface area contributed by atoms with Gasteiger partial charge in [-0.25, -0.2) is 4.39 Å². The highest BCUT2D eigenvalue weighted by Crippen LogP contribution is 2.24. The Morgan fingerprint density at radius 2 is 1.93 bits per heavy atom. The van der Waals surface area contributed by atoms with E-state index >= 15 is 0 Å². The normalized spacial score (nSPS) is 11.5. The van der Waals surface area contributed by atoms with E-state index in [0.29, 0.717) is 4.47 Å². The molecule has 0 aliphatic carbocycles. The highest BCUT2D eigenvalue weighted by molar-refractivity contribution is 9.10. The molecule has 1 aromatic rings. The van der Waals surface area contributed by atoms with Crippen LogP contribution in [0.3, 0.4) is 0 Å². The standard InChI is InChI=1S/C8H6BrF4N/c9-6-2-1-5(10)3-7(6)14-4-8(11,12)13/h1-3,14H,4H2. The molecule has 0 heterocycles. The van der Waals surface area contributed by atoms with Crippen molar-refractivity contribution in [3.05, 3.63) is 28.5 Å². The van der Waals surface area contributed by atoms with Gasteiger partial charge in [0.1, 0.15) is 12.4 Å². The molecule has 0 aromatic heterocycles. The summed E-state index contributed by atoms with van der Waals surface area (Å²) in [5.41, 5.74) is 0.0855. The van der Waals surface area contributed by atoms with Gasteiger partial charge in [0.25, 0.3) is 0 Å². The molecule has 0 aliphatic heterocycles. The van der Waals surface area contributed by atoms with E-state index in [1.54, 1.807) is 0 Å². The Bertz CT molecular complexity index is 324. The lowest BCUT2D eigenvalue weighted by Crippen LogP contribution is -2.21. The van der Waals surface area contributed by atoms with Crippen molar-refractivity contribution in [3.8, 4) is 0 Å². The van der Waals surface area contributed by atoms with Crippen molar-refractivity contribution in [2.45, 2.75) is 6.18 Å². The molecule has 1 nitrogen and oxygen atoms in total. The molecule has 0 saturated heterocycles. The van der Waals surface area contributed by atoms with Gasteiger partial charge >= 0.3 is 6.18 Å². The second-order valence-electron chi connectivity index (χ2n) is 2.59. The maximum Gasteiger partial charge on any atom is 0.405 e. The van der Waals surface area contributed by atoms with Crippen LogP contribution in [-0.2, 0) is 0 Å². The molecule has 1 aromatic carbocycles. The molecule has 0 unspecified atom stereocenters. The van der Waals surface area contributed by atoms with Crippen LogP contribution in [0.15, 0.2) is 22.7 Å². The first kappa shape index (κ1) is 11.3. The van der Waals surface area contributed by atoms with E-state index in [-0.39, 0.29) is 5.69 Å². The Balaban J connectivity index is 2.72. The third kappa shape index (κ3) is 3.53. The number of alkyl halides is 3. The summed E-state index contributed by atoms with van der Waals surface area (Å²) in [6, 6.07) is 3.49. The molecule has 0 amide bonds. The maximum absolute atomic E-state index is 12.6. The van der Waals surface area contributed by atoms with Crippen molar-refractivity contribution in [3.63, 3.8) is 0 Å². The Morgan fingerprint density at radius 3 is 2.50 bits per heavy atom. The zero-order valence-corrected chi connectivity index (χ0v) is 8.41. The summed E-state index contributed by atoms with van der Waals surface area (Å²) in [4.78, 5) is 0. The monoisotopic (exact) mass is 271 g/mol. The molecule has 1 N–H and O–H groups in total. The Hall–Kier alpha value is -0.780. The van der Waals surface area contributed by atoms with Crippen LogP contribution in [0, 0.1) is 5.82 Å². The van der Waals surface area contributed by atoms with Gasteiger partial charge in [-0.15, -0.1) is 0 Å². The molecule has 14 heavy (non-hydrogen) atoms. The molecule has 0 radical (unpaired) electrons. The predicted octanol–water partition coefficient (Wildman–Crippen LogP) is 3.56. The van der Waals surface area contributed by atoms with Gasteiger partial charge in [0.05, 0.1) is 5.69 Å². The van der Waals surface area contributed by atoms with Gasteiger partial charge in [-0.2, -0.15) is 13.2 Å². The van der Waals surface area contributed by atoms with Crippen molar-refractivity contribution in [2.24, 2.45) is 0 Å². The smallest absolute Gasteiger partial charge is 0.375 e. The van der Waals surface area contributed by atoms with Crippen LogP contribution in [-0.4, -0.2) is 12.7 Å². The average Bonchev–Trinajstić information content (AvgIpc) is 2.05. The first-order valence-corrected chi connectivity index (χ1v) is 4.43. The minimum atomic E-state index is -4.31. The fourth-order valence-electron chi connectivity index (χ4n) is 0.828. The number of halogens is 5. The lowest BCUT2D eigenvalue weighted by Gasteiger charge is -2.10. The van der Waals surface area contributed by atoms with Crippen molar-refractivity contribution in [1.29, 1.82) is 0 Å². The van der Waals surface area contributed by atoms with E-state index in [4.69, 9.17) is 0 Å². The molecular weight excluding hydrogens is 266 g/mol. The van der Waals surface area contributed by atoms with E-state index in [1.165, 1.54) is 6.07 Å². The van der Waals surface area contributed by atoms with Gasteiger partial charge in [-0.3, -0.25) is 0 Å². The van der Waals surface area contributed by atoms with Crippen molar-refractivity contribution in [2.75, 3.05) is 11.9 Å². The molecular formula is C8H6BrF4N. The topological polar surface area (TPSA) is 12.0 Å². The van der Waals surface area contributed by atoms with E-state index in [9.17, 15) is 17.6 Å². The number of hydrogen-bond acceptors (Lipinski definition) is 1. The van der Waals surface area contributed by atoms with Gasteiger partial charge in [-0.1, -0.05) is 0 Å². The lowest BCUT2D eigenvalue weighted by molar-refractivity contribution is -0.115. The first-order valence-electron chi connectivity index (χ1n) is 3.64. The van der Waals surface area contributed by atoms with E-state index in [1.807, 2.05) is 0 Å². The van der Waals surface area contributed by atoms with Crippen molar-refractivity contribution < 1.29 is 17.6 Å². The van der Waals surface area contributed by atoms with Crippen molar-refractivity contribution in [1.82, 2.24) is 0 Å². The minimum absolute atomic E-state index is 0.0855. The summed E-state index contributed by atoms with van der Waals surface area (Å²) in [6.45, 7) is -1.19. The van der Waals surface area contributed by atoms with Crippen LogP contribution in [0.25, 0.3) is 0 Å². The fourth-order valence-corrected chi connectivity index (χ4v) is 1.22. The van der Waals surface area contributed by atoms with Crippen LogP contribution in [0.2, 0.25) is 0 Å². The summed E-state index contributed by atoms with van der Waals surface area (Å²) in [6.07, 6.45) is -4.31. The van der Waals surface area contributed by atoms with Gasteiger partial charge in [0, 0.05) is 4.47 Å². The average molecular weight is 272 g/mol. The van der Waals surface area contributed by atoms with Crippen LogP contribution in [0.1, 0.15) is 0 Å². The van der Waals surface area contributed by atoms with Gasteiger partial charge < -0.3 is 5.32 Å². The van der Waals surface area contributed by atoms with E-state index in [2.05, 4.69) is 21.2 Å². The highest BCUT2D eigenvalue weighted by Gasteiger charge is 2.26. The summed E-state index contributed by atoms with van der Waals surface area (Å²) in [5.74, 6) is -0.585. The second-order valence-corrected chi connectivity index (χ2v) is 3.45. The van der Waals surface area contributed by atoms with Gasteiger partial charge in [-0.05, 0) is 34.1 Å². The zero-order valence-electron chi connectivity index (χ0n) is 6.83. The molecule has 0 saturated carbocycles. The fraction of sp³-hybridized carbons (Fsp3) is 0.250. The summed E-state index contributed by atoms with van der Waals surface area (Å²) >= 11 is 3.00. The van der Waals surface area contributed by atoms with E-state index in [0.717, 1.165) is 12.1 Å². The summed E-state index contributed by atoms with van der Waals surface area (Å²) in [5, 5.41) is 2.08. The predicted molar refractivity (Wildman–Crippen MR) is 48.6 cm³/mol.